The topological polar surface area (TPSA) is 52.5 Å². The number of anilines is 1. The number of aryl methyl sites for hydroxylation is 1. The maximum atomic E-state index is 11.5. The molecule has 0 aliphatic carbocycles. The fraction of sp³-hybridized carbons (Fsp3) is 0.545. The summed E-state index contributed by atoms with van der Waals surface area (Å²) < 4.78 is 12.0. The van der Waals surface area contributed by atoms with E-state index in [1.807, 2.05) is 27.8 Å². The van der Waals surface area contributed by atoms with E-state index in [1.165, 1.54) is 0 Å². The Morgan fingerprint density at radius 3 is 2.50 bits per heavy atom. The molecule has 0 atom stereocenters. The number of amides is 1. The van der Waals surface area contributed by atoms with Gasteiger partial charge in [0.05, 0.1) is 7.11 Å². The first-order valence-electron chi connectivity index (χ1n) is 5.02. The highest BCUT2D eigenvalue weighted by Crippen LogP contribution is 2.25. The van der Waals surface area contributed by atoms with Gasteiger partial charge in [0.1, 0.15) is 11.3 Å². The minimum atomic E-state index is -0.508. The summed E-state index contributed by atoms with van der Waals surface area (Å²) >= 11 is 0. The lowest BCUT2D eigenvalue weighted by Gasteiger charge is -2.19. The molecule has 1 rings (SSSR count). The summed E-state index contributed by atoms with van der Waals surface area (Å²) in [5.41, 5.74) is 0.0887. The summed E-state index contributed by atoms with van der Waals surface area (Å²) in [6.45, 7) is 5.44. The van der Waals surface area contributed by atoms with Crippen LogP contribution in [-0.4, -0.2) is 23.4 Å². The molecule has 0 bridgehead atoms. The third kappa shape index (κ3) is 3.49. The molecule has 90 valence electrons. The van der Waals surface area contributed by atoms with Crippen molar-refractivity contribution in [1.82, 2.24) is 4.57 Å². The van der Waals surface area contributed by atoms with Gasteiger partial charge in [0.15, 0.2) is 5.75 Å². The van der Waals surface area contributed by atoms with Crippen molar-refractivity contribution < 1.29 is 14.3 Å². The van der Waals surface area contributed by atoms with Crippen LogP contribution in [0.25, 0.3) is 0 Å². The molecule has 1 aromatic rings. The Labute approximate surface area is 95.3 Å². The second-order valence-corrected chi connectivity index (χ2v) is 4.53. The number of hydrogen-bond acceptors (Lipinski definition) is 3. The van der Waals surface area contributed by atoms with Crippen LogP contribution in [0.2, 0.25) is 0 Å². The van der Waals surface area contributed by atoms with Crippen molar-refractivity contribution in [3.8, 4) is 5.75 Å². The minimum Gasteiger partial charge on any atom is -0.493 e. The Balaban J connectivity index is 2.69. The van der Waals surface area contributed by atoms with Gasteiger partial charge in [-0.05, 0) is 20.8 Å². The third-order valence-corrected chi connectivity index (χ3v) is 1.77. The second-order valence-electron chi connectivity index (χ2n) is 4.53. The molecule has 0 aromatic carbocycles. The molecule has 5 nitrogen and oxygen atoms in total. The van der Waals surface area contributed by atoms with Gasteiger partial charge in [-0.15, -0.1) is 0 Å². The second kappa shape index (κ2) is 4.47. The fourth-order valence-corrected chi connectivity index (χ4v) is 1.23. The number of ether oxygens (including phenoxy) is 2. The van der Waals surface area contributed by atoms with E-state index in [4.69, 9.17) is 9.47 Å². The van der Waals surface area contributed by atoms with Crippen molar-refractivity contribution in [3.63, 3.8) is 0 Å². The largest absolute Gasteiger partial charge is 0.493 e. The van der Waals surface area contributed by atoms with Crippen LogP contribution in [0.1, 0.15) is 20.8 Å². The van der Waals surface area contributed by atoms with Gasteiger partial charge >= 0.3 is 6.09 Å². The number of hydrogen-bond donors (Lipinski definition) is 1. The first-order chi connectivity index (χ1) is 7.31. The first-order valence-corrected chi connectivity index (χ1v) is 5.02. The normalized spacial score (nSPS) is 11.1. The van der Waals surface area contributed by atoms with Crippen molar-refractivity contribution in [1.29, 1.82) is 0 Å². The average Bonchev–Trinajstić information content (AvgIpc) is 2.42. The Morgan fingerprint density at radius 1 is 1.38 bits per heavy atom. The van der Waals surface area contributed by atoms with E-state index in [1.54, 1.807) is 24.1 Å². The van der Waals surface area contributed by atoms with E-state index >= 15 is 0 Å². The maximum absolute atomic E-state index is 11.5. The van der Waals surface area contributed by atoms with E-state index in [9.17, 15) is 4.79 Å². The lowest BCUT2D eigenvalue weighted by Crippen LogP contribution is -2.27. The van der Waals surface area contributed by atoms with Gasteiger partial charge in [0, 0.05) is 19.4 Å². The van der Waals surface area contributed by atoms with Crippen LogP contribution in [0.5, 0.6) is 5.75 Å². The van der Waals surface area contributed by atoms with Crippen LogP contribution >= 0.6 is 0 Å². The predicted molar refractivity (Wildman–Crippen MR) is 61.8 cm³/mol. The Morgan fingerprint density at radius 2 is 2.00 bits per heavy atom. The number of nitrogens with one attached hydrogen (secondary N) is 1. The Bertz CT molecular complexity index is 377. The highest BCUT2D eigenvalue weighted by Gasteiger charge is 2.17. The molecule has 0 fully saturated rings. The Kier molecular flexibility index (Phi) is 3.47. The molecule has 5 heteroatoms. The van der Waals surface area contributed by atoms with Crippen molar-refractivity contribution >= 4 is 11.8 Å². The minimum absolute atomic E-state index is 0.489. The number of methoxy groups -OCH3 is 1. The van der Waals surface area contributed by atoms with Crippen molar-refractivity contribution in [3.05, 3.63) is 12.4 Å². The maximum Gasteiger partial charge on any atom is 0.412 e. The van der Waals surface area contributed by atoms with Gasteiger partial charge in [0.25, 0.3) is 0 Å². The molecule has 16 heavy (non-hydrogen) atoms. The van der Waals surface area contributed by atoms with Gasteiger partial charge in [0.2, 0.25) is 0 Å². The third-order valence-electron chi connectivity index (χ3n) is 1.77. The van der Waals surface area contributed by atoms with Crippen molar-refractivity contribution in [2.45, 2.75) is 26.4 Å². The number of carbonyl (C=O) groups is 1. The molecule has 1 aromatic heterocycles. The van der Waals surface area contributed by atoms with Gasteiger partial charge in [-0.25, -0.2) is 4.79 Å². The summed E-state index contributed by atoms with van der Waals surface area (Å²) in [6, 6.07) is 0. The summed E-state index contributed by atoms with van der Waals surface area (Å²) in [5.74, 6) is 0.605. The SMILES string of the molecule is COc1cn(C)cc1NC(=O)OC(C)(C)C. The van der Waals surface area contributed by atoms with E-state index in [0.717, 1.165) is 0 Å². The fourth-order valence-electron chi connectivity index (χ4n) is 1.23. The van der Waals surface area contributed by atoms with Gasteiger partial charge in [-0.3, -0.25) is 5.32 Å². The molecular formula is C11H18N2O3. The number of nitrogens with zero attached hydrogens (tertiary/aromatic N) is 1. The van der Waals surface area contributed by atoms with Crippen molar-refractivity contribution in [2.24, 2.45) is 7.05 Å². The summed E-state index contributed by atoms with van der Waals surface area (Å²) in [6.07, 6.45) is 3.03. The summed E-state index contributed by atoms with van der Waals surface area (Å²) in [7, 11) is 3.40. The summed E-state index contributed by atoms with van der Waals surface area (Å²) in [5, 5.41) is 2.63. The van der Waals surface area contributed by atoms with Gasteiger partial charge < -0.3 is 14.0 Å². The lowest BCUT2D eigenvalue weighted by molar-refractivity contribution is 0.0635. The number of carbonyl (C=O) groups excluding carboxylic acids is 1. The standard InChI is InChI=1S/C11H18N2O3/c1-11(2,3)16-10(14)12-8-6-13(4)7-9(8)15-5/h6-7H,1-5H3,(H,12,14). The summed E-state index contributed by atoms with van der Waals surface area (Å²) in [4.78, 5) is 11.5. The average molecular weight is 226 g/mol. The number of rotatable bonds is 2. The highest BCUT2D eigenvalue weighted by molar-refractivity contribution is 5.86. The molecule has 0 spiro atoms. The number of aromatic nitrogens is 1. The van der Waals surface area contributed by atoms with Gasteiger partial charge in [-0.1, -0.05) is 0 Å². The smallest absolute Gasteiger partial charge is 0.412 e. The van der Waals surface area contributed by atoms with E-state index < -0.39 is 11.7 Å². The van der Waals surface area contributed by atoms with Crippen LogP contribution < -0.4 is 10.1 Å². The molecule has 0 aliphatic rings. The molecular weight excluding hydrogens is 208 g/mol. The molecule has 1 amide bonds. The first kappa shape index (κ1) is 12.4. The molecule has 0 aliphatic heterocycles. The van der Waals surface area contributed by atoms with E-state index in [2.05, 4.69) is 5.32 Å². The van der Waals surface area contributed by atoms with E-state index in [0.29, 0.717) is 11.4 Å². The molecule has 0 saturated heterocycles. The zero-order valence-electron chi connectivity index (χ0n) is 10.3. The molecule has 0 unspecified atom stereocenters. The Hall–Kier alpha value is -1.65. The molecule has 0 saturated carbocycles. The van der Waals surface area contributed by atoms with Crippen LogP contribution in [0.3, 0.4) is 0 Å². The lowest BCUT2D eigenvalue weighted by atomic mass is 10.2. The monoisotopic (exact) mass is 226 g/mol. The predicted octanol–water partition coefficient (Wildman–Crippen LogP) is 2.38. The van der Waals surface area contributed by atoms with Crippen molar-refractivity contribution in [2.75, 3.05) is 12.4 Å². The van der Waals surface area contributed by atoms with Gasteiger partial charge in [-0.2, -0.15) is 0 Å². The molecule has 1 heterocycles. The van der Waals surface area contributed by atoms with E-state index in [-0.39, 0.29) is 0 Å². The quantitative estimate of drug-likeness (QED) is 0.842. The molecule has 0 radical (unpaired) electrons. The van der Waals surface area contributed by atoms with Crippen LogP contribution in [0.4, 0.5) is 10.5 Å². The zero-order chi connectivity index (χ0) is 12.3. The van der Waals surface area contributed by atoms with Crippen LogP contribution in [-0.2, 0) is 11.8 Å². The highest BCUT2D eigenvalue weighted by atomic mass is 16.6. The zero-order valence-corrected chi connectivity index (χ0v) is 10.3. The van der Waals surface area contributed by atoms with Crippen LogP contribution in [0, 0.1) is 0 Å². The van der Waals surface area contributed by atoms with Crippen LogP contribution in [0.15, 0.2) is 12.4 Å². The molecule has 1 N–H and O–H groups in total.